The molecule has 1 aliphatic carbocycles. The summed E-state index contributed by atoms with van der Waals surface area (Å²) in [6.07, 6.45) is 5.17. The molecule has 0 bridgehead atoms. The minimum atomic E-state index is -3.56. The minimum absolute atomic E-state index is 0.0672. The summed E-state index contributed by atoms with van der Waals surface area (Å²) in [7, 11) is -1.93. The zero-order valence-corrected chi connectivity index (χ0v) is 11.9. The second-order valence-corrected chi connectivity index (χ2v) is 6.86. The van der Waals surface area contributed by atoms with Crippen molar-refractivity contribution in [1.29, 1.82) is 0 Å². The topological polar surface area (TPSA) is 41.7 Å². The molecule has 0 aliphatic heterocycles. The van der Waals surface area contributed by atoms with Gasteiger partial charge in [-0.25, -0.2) is 13.3 Å². The Bertz CT molecular complexity index is 584. The number of nitrogens with zero attached hydrogens (tertiary/aromatic N) is 2. The van der Waals surface area contributed by atoms with Crippen LogP contribution in [0.4, 0.5) is 5.69 Å². The molecule has 1 saturated carbocycles. The molecular weight excluding hydrogens is 260 g/mol. The summed E-state index contributed by atoms with van der Waals surface area (Å²) in [5, 5.41) is 0. The maximum atomic E-state index is 12.6. The summed E-state index contributed by atoms with van der Waals surface area (Å²) in [6, 6.07) is 6.48. The molecule has 2 rings (SSSR count). The Balaban J connectivity index is 2.34. The highest BCUT2D eigenvalue weighted by atomic mass is 32.2. The molecule has 0 amide bonds. The average molecular weight is 278 g/mol. The van der Waals surface area contributed by atoms with Crippen molar-refractivity contribution >= 4 is 15.7 Å². The first-order valence-electron chi connectivity index (χ1n) is 6.52. The van der Waals surface area contributed by atoms with Crippen LogP contribution in [0.25, 0.3) is 4.85 Å². The quantitative estimate of drug-likeness (QED) is 0.797. The molecule has 5 heteroatoms. The first-order chi connectivity index (χ1) is 9.07. The monoisotopic (exact) mass is 278 g/mol. The van der Waals surface area contributed by atoms with Crippen LogP contribution in [-0.4, -0.2) is 25.8 Å². The lowest BCUT2D eigenvalue weighted by molar-refractivity contribution is 0.286. The van der Waals surface area contributed by atoms with E-state index in [0.717, 1.165) is 25.7 Å². The van der Waals surface area contributed by atoms with Crippen molar-refractivity contribution < 1.29 is 8.42 Å². The number of para-hydroxylation sites is 1. The molecule has 0 N–H and O–H groups in total. The lowest BCUT2D eigenvalue weighted by Gasteiger charge is -2.30. The van der Waals surface area contributed by atoms with E-state index in [-0.39, 0.29) is 16.6 Å². The van der Waals surface area contributed by atoms with Gasteiger partial charge in [0.1, 0.15) is 0 Å². The van der Waals surface area contributed by atoms with Crippen LogP contribution in [0.3, 0.4) is 0 Å². The molecule has 0 heterocycles. The maximum Gasteiger partial charge on any atom is 0.233 e. The highest BCUT2D eigenvalue weighted by Crippen LogP contribution is 2.30. The second-order valence-electron chi connectivity index (χ2n) is 4.89. The molecule has 0 radical (unpaired) electrons. The number of benzene rings is 1. The van der Waals surface area contributed by atoms with Gasteiger partial charge in [0.05, 0.1) is 11.5 Å². The number of hydrogen-bond acceptors (Lipinski definition) is 2. The van der Waals surface area contributed by atoms with Gasteiger partial charge in [-0.3, -0.25) is 0 Å². The third-order valence-corrected chi connectivity index (χ3v) is 5.69. The van der Waals surface area contributed by atoms with Crippen LogP contribution in [0.15, 0.2) is 29.2 Å². The third kappa shape index (κ3) is 2.80. The van der Waals surface area contributed by atoms with E-state index in [1.165, 1.54) is 16.8 Å². The molecule has 1 aromatic carbocycles. The van der Waals surface area contributed by atoms with Gasteiger partial charge in [0, 0.05) is 13.1 Å². The fourth-order valence-electron chi connectivity index (χ4n) is 2.56. The van der Waals surface area contributed by atoms with E-state index in [9.17, 15) is 8.42 Å². The fraction of sp³-hybridized carbons (Fsp3) is 0.500. The van der Waals surface area contributed by atoms with Gasteiger partial charge in [-0.15, -0.1) is 0 Å². The predicted octanol–water partition coefficient (Wildman–Crippen LogP) is 3.19. The normalized spacial score (nSPS) is 17.3. The molecule has 1 aliphatic rings. The van der Waals surface area contributed by atoms with Crippen molar-refractivity contribution in [3.05, 3.63) is 35.7 Å². The van der Waals surface area contributed by atoms with E-state index >= 15 is 0 Å². The Kier molecular flexibility index (Phi) is 4.23. The van der Waals surface area contributed by atoms with E-state index in [1.807, 2.05) is 0 Å². The highest BCUT2D eigenvalue weighted by Gasteiger charge is 2.30. The van der Waals surface area contributed by atoms with E-state index in [4.69, 9.17) is 6.57 Å². The van der Waals surface area contributed by atoms with Crippen molar-refractivity contribution in [3.63, 3.8) is 0 Å². The summed E-state index contributed by atoms with van der Waals surface area (Å²) < 4.78 is 26.6. The lowest BCUT2D eigenvalue weighted by atomic mass is 9.96. The Morgan fingerprint density at radius 3 is 2.47 bits per heavy atom. The molecule has 4 nitrogen and oxygen atoms in total. The van der Waals surface area contributed by atoms with Crippen molar-refractivity contribution in [2.45, 2.75) is 43.0 Å². The number of hydrogen-bond donors (Lipinski definition) is 0. The van der Waals surface area contributed by atoms with E-state index in [1.54, 1.807) is 25.2 Å². The van der Waals surface area contributed by atoms with Gasteiger partial charge >= 0.3 is 0 Å². The van der Waals surface area contributed by atoms with Crippen LogP contribution in [0.1, 0.15) is 32.1 Å². The van der Waals surface area contributed by atoms with Gasteiger partial charge in [-0.2, -0.15) is 4.31 Å². The predicted molar refractivity (Wildman–Crippen MR) is 74.5 cm³/mol. The number of rotatable bonds is 3. The highest BCUT2D eigenvalue weighted by molar-refractivity contribution is 7.89. The smallest absolute Gasteiger partial charge is 0.233 e. The van der Waals surface area contributed by atoms with Crippen molar-refractivity contribution in [1.82, 2.24) is 4.31 Å². The molecule has 0 unspecified atom stereocenters. The van der Waals surface area contributed by atoms with Gasteiger partial charge in [-0.05, 0) is 12.8 Å². The lowest BCUT2D eigenvalue weighted by Crippen LogP contribution is -2.38. The second kappa shape index (κ2) is 5.72. The maximum absolute atomic E-state index is 12.6. The molecule has 0 aromatic heterocycles. The van der Waals surface area contributed by atoms with Gasteiger partial charge in [0.15, 0.2) is 0 Å². The van der Waals surface area contributed by atoms with Crippen LogP contribution < -0.4 is 0 Å². The summed E-state index contributed by atoms with van der Waals surface area (Å²) in [4.78, 5) is 3.43. The molecule has 0 spiro atoms. The summed E-state index contributed by atoms with van der Waals surface area (Å²) in [5.74, 6) is 0. The molecule has 0 saturated heterocycles. The van der Waals surface area contributed by atoms with Gasteiger partial charge in [-0.1, -0.05) is 43.5 Å². The minimum Gasteiger partial charge on any atom is -0.237 e. The molecule has 19 heavy (non-hydrogen) atoms. The molecule has 1 aromatic rings. The number of sulfonamides is 1. The Hall–Kier alpha value is -1.38. The fourth-order valence-corrected chi connectivity index (χ4v) is 4.11. The van der Waals surface area contributed by atoms with Gasteiger partial charge in [0.25, 0.3) is 0 Å². The van der Waals surface area contributed by atoms with Crippen LogP contribution in [0.5, 0.6) is 0 Å². The van der Waals surface area contributed by atoms with Crippen molar-refractivity contribution in [2.75, 3.05) is 7.05 Å². The van der Waals surface area contributed by atoms with E-state index < -0.39 is 10.0 Å². The zero-order valence-electron chi connectivity index (χ0n) is 11.0. The molecule has 1 fully saturated rings. The van der Waals surface area contributed by atoms with Crippen LogP contribution in [0, 0.1) is 6.57 Å². The van der Waals surface area contributed by atoms with Crippen molar-refractivity contribution in [3.8, 4) is 0 Å². The Labute approximate surface area is 114 Å². The third-order valence-electron chi connectivity index (χ3n) is 3.73. The zero-order chi connectivity index (χ0) is 13.9. The first kappa shape index (κ1) is 14.0. The standard InChI is InChI=1S/C14H18N2O2S/c1-15-13-10-6-7-11-14(13)19(17,18)16(2)12-8-4-3-5-9-12/h6-7,10-12H,3-5,8-9H2,2H3. The molecular formula is C14H18N2O2S. The van der Waals surface area contributed by atoms with Gasteiger partial charge in [0.2, 0.25) is 15.7 Å². The SMILES string of the molecule is [C-]#[N+]c1ccccc1S(=O)(=O)N(C)C1CCCCC1. The van der Waals surface area contributed by atoms with E-state index in [2.05, 4.69) is 4.85 Å². The summed E-state index contributed by atoms with van der Waals surface area (Å²) >= 11 is 0. The average Bonchev–Trinajstić information content (AvgIpc) is 2.47. The molecule has 102 valence electrons. The summed E-state index contributed by atoms with van der Waals surface area (Å²) in [6.45, 7) is 7.09. The Morgan fingerprint density at radius 1 is 1.21 bits per heavy atom. The van der Waals surface area contributed by atoms with Gasteiger partial charge < -0.3 is 0 Å². The van der Waals surface area contributed by atoms with Crippen LogP contribution in [0.2, 0.25) is 0 Å². The van der Waals surface area contributed by atoms with Crippen LogP contribution in [-0.2, 0) is 10.0 Å². The summed E-state index contributed by atoms with van der Waals surface area (Å²) in [5.41, 5.74) is 0.199. The van der Waals surface area contributed by atoms with E-state index in [0.29, 0.717) is 0 Å². The first-order valence-corrected chi connectivity index (χ1v) is 7.96. The largest absolute Gasteiger partial charge is 0.237 e. The van der Waals surface area contributed by atoms with Crippen molar-refractivity contribution in [2.24, 2.45) is 0 Å². The molecule has 0 atom stereocenters. The van der Waals surface area contributed by atoms with Crippen LogP contribution >= 0.6 is 0 Å². The Morgan fingerprint density at radius 2 is 1.84 bits per heavy atom.